The van der Waals surface area contributed by atoms with Gasteiger partial charge in [-0.3, -0.25) is 4.79 Å². The van der Waals surface area contributed by atoms with E-state index in [0.29, 0.717) is 17.6 Å². The highest BCUT2D eigenvalue weighted by Gasteiger charge is 2.47. The predicted molar refractivity (Wildman–Crippen MR) is 113 cm³/mol. The summed E-state index contributed by atoms with van der Waals surface area (Å²) in [6.07, 6.45) is -5.43. The maximum absolute atomic E-state index is 13.1. The molecule has 4 N–H and O–H groups in total. The fraction of sp³-hybridized carbons (Fsp3) is 0.652. The number of aliphatic hydroxyl groups is 4. The second kappa shape index (κ2) is 10.0. The van der Waals surface area contributed by atoms with E-state index >= 15 is 0 Å². The minimum absolute atomic E-state index is 0.205. The maximum Gasteiger partial charge on any atom is 0.338 e. The number of esters is 2. The third-order valence-electron chi connectivity index (χ3n) is 7.04. The Kier molecular flexibility index (Phi) is 7.32. The Morgan fingerprint density at radius 3 is 2.30 bits per heavy atom. The highest BCUT2D eigenvalue weighted by molar-refractivity contribution is 5.80. The molecule has 0 aromatic heterocycles. The minimum atomic E-state index is -1.87. The Labute approximate surface area is 191 Å². The molecule has 0 saturated carbocycles. The molecule has 10 heteroatoms. The fourth-order valence-corrected chi connectivity index (χ4v) is 4.99. The Balaban J connectivity index is 1.41. The van der Waals surface area contributed by atoms with Crippen molar-refractivity contribution >= 4 is 11.9 Å². The van der Waals surface area contributed by atoms with Crippen LogP contribution >= 0.6 is 0 Å². The minimum Gasteiger partial charge on any atom is -0.462 e. The van der Waals surface area contributed by atoms with E-state index in [9.17, 15) is 30.0 Å². The van der Waals surface area contributed by atoms with Gasteiger partial charge in [-0.25, -0.2) is 4.79 Å². The molecule has 0 radical (unpaired) electrons. The summed E-state index contributed by atoms with van der Waals surface area (Å²) >= 11 is 0. The highest BCUT2D eigenvalue weighted by Crippen LogP contribution is 2.36. The van der Waals surface area contributed by atoms with E-state index in [1.54, 1.807) is 30.3 Å². The van der Waals surface area contributed by atoms with Gasteiger partial charge in [-0.05, 0) is 38.3 Å². The van der Waals surface area contributed by atoms with Crippen LogP contribution in [0.5, 0.6) is 0 Å². The summed E-state index contributed by atoms with van der Waals surface area (Å²) in [7, 11) is 2.10. The van der Waals surface area contributed by atoms with Gasteiger partial charge in [0.05, 0.1) is 0 Å². The summed E-state index contributed by atoms with van der Waals surface area (Å²) < 4.78 is 16.0. The van der Waals surface area contributed by atoms with Crippen molar-refractivity contribution in [3.05, 3.63) is 35.9 Å². The second-order valence-electron chi connectivity index (χ2n) is 9.09. The van der Waals surface area contributed by atoms with E-state index in [2.05, 4.69) is 11.9 Å². The monoisotopic (exact) mass is 465 g/mol. The predicted octanol–water partition coefficient (Wildman–Crippen LogP) is -0.718. The smallest absolute Gasteiger partial charge is 0.338 e. The zero-order chi connectivity index (χ0) is 23.7. The molecule has 0 spiro atoms. The number of hydrogen-bond donors (Lipinski definition) is 4. The molecule has 182 valence electrons. The first-order valence-electron chi connectivity index (χ1n) is 11.3. The molecule has 3 fully saturated rings. The lowest BCUT2D eigenvalue weighted by atomic mass is 9.97. The molecule has 1 aromatic rings. The summed E-state index contributed by atoms with van der Waals surface area (Å²) in [5.74, 6) is -2.48. The molecule has 4 rings (SSSR count). The van der Waals surface area contributed by atoms with E-state index in [-0.39, 0.29) is 12.7 Å². The Bertz CT molecular complexity index is 822. The van der Waals surface area contributed by atoms with Crippen LogP contribution in [0.1, 0.15) is 37.2 Å². The van der Waals surface area contributed by atoms with Crippen LogP contribution in [0.25, 0.3) is 0 Å². The van der Waals surface area contributed by atoms with Crippen LogP contribution in [0.2, 0.25) is 0 Å². The van der Waals surface area contributed by atoms with Crippen LogP contribution in [0, 0.1) is 0 Å². The van der Waals surface area contributed by atoms with Gasteiger partial charge in [-0.15, -0.1) is 0 Å². The van der Waals surface area contributed by atoms with Crippen LogP contribution < -0.4 is 0 Å². The van der Waals surface area contributed by atoms with Crippen LogP contribution in [-0.2, 0) is 23.8 Å². The molecule has 9 atom stereocenters. The number of benzene rings is 1. The van der Waals surface area contributed by atoms with Gasteiger partial charge in [-0.2, -0.15) is 0 Å². The molecule has 2 bridgehead atoms. The average Bonchev–Trinajstić information content (AvgIpc) is 3.01. The number of rotatable bonds is 6. The molecule has 3 saturated heterocycles. The van der Waals surface area contributed by atoms with Gasteiger partial charge >= 0.3 is 11.9 Å². The number of ether oxygens (including phenoxy) is 3. The van der Waals surface area contributed by atoms with Crippen molar-refractivity contribution in [3.63, 3.8) is 0 Å². The molecule has 33 heavy (non-hydrogen) atoms. The molecule has 0 amide bonds. The van der Waals surface area contributed by atoms with Gasteiger partial charge in [0.25, 0.3) is 0 Å². The normalized spacial score (nSPS) is 37.4. The van der Waals surface area contributed by atoms with E-state index in [1.165, 1.54) is 0 Å². The van der Waals surface area contributed by atoms with Crippen molar-refractivity contribution in [2.75, 3.05) is 13.7 Å². The lowest BCUT2D eigenvalue weighted by molar-refractivity contribution is -0.281. The lowest BCUT2D eigenvalue weighted by Crippen LogP contribution is -2.60. The van der Waals surface area contributed by atoms with Crippen LogP contribution in [0.4, 0.5) is 0 Å². The first-order valence-corrected chi connectivity index (χ1v) is 11.3. The van der Waals surface area contributed by atoms with Crippen LogP contribution in [0.15, 0.2) is 30.3 Å². The number of carbonyl (C=O) groups is 2. The number of hydrogen-bond acceptors (Lipinski definition) is 10. The molecular weight excluding hydrogens is 434 g/mol. The zero-order valence-corrected chi connectivity index (χ0v) is 18.4. The summed E-state index contributed by atoms with van der Waals surface area (Å²) in [6.45, 7) is -0.373. The molecule has 3 heterocycles. The zero-order valence-electron chi connectivity index (χ0n) is 18.4. The topological polar surface area (TPSA) is 146 Å². The number of carbonyl (C=O) groups excluding carboxylic acids is 2. The Hall–Kier alpha value is -2.08. The number of fused-ring (bicyclic) bond motifs is 2. The van der Waals surface area contributed by atoms with Gasteiger partial charge in [-0.1, -0.05) is 30.3 Å². The van der Waals surface area contributed by atoms with Crippen molar-refractivity contribution in [1.29, 1.82) is 0 Å². The van der Waals surface area contributed by atoms with E-state index in [1.807, 2.05) is 0 Å². The molecule has 1 unspecified atom stereocenters. The highest BCUT2D eigenvalue weighted by atomic mass is 16.7. The largest absolute Gasteiger partial charge is 0.462 e. The third-order valence-corrected chi connectivity index (χ3v) is 7.04. The summed E-state index contributed by atoms with van der Waals surface area (Å²) in [5.41, 5.74) is 0.604. The third kappa shape index (κ3) is 5.06. The van der Waals surface area contributed by atoms with Crippen molar-refractivity contribution in [2.45, 2.75) is 80.5 Å². The van der Waals surface area contributed by atoms with E-state index in [4.69, 9.17) is 14.2 Å². The number of aliphatic hydroxyl groups excluding tert-OH is 4. The first kappa shape index (κ1) is 24.1. The van der Waals surface area contributed by atoms with Crippen molar-refractivity contribution < 1.29 is 44.2 Å². The second-order valence-corrected chi connectivity index (χ2v) is 9.09. The Morgan fingerprint density at radius 1 is 1.03 bits per heavy atom. The lowest BCUT2D eigenvalue weighted by Gasteiger charge is -2.37. The van der Waals surface area contributed by atoms with E-state index in [0.717, 1.165) is 25.7 Å². The SMILES string of the molecule is CN1[C@@H]2CC[C@H]1C[C@@H](OC(=O)C(COC(=O)[C@H]1O[C@@H](O)[C@H](O)[C@@H](O)[C@@H]1O)c1ccccc1)C2. The molecule has 3 aliphatic rings. The standard InChI is InChI=1S/C23H31NO9/c1-24-13-7-8-14(24)10-15(9-13)32-21(28)16(12-5-3-2-4-6-12)11-31-23(30)20-18(26)17(25)19(27)22(29)33-20/h2-6,13-20,22,25-27,29H,7-11H2,1H3/t13-,14+,15+,16?,17-,18-,19+,20-,22+/m0/s1. The maximum atomic E-state index is 13.1. The summed E-state index contributed by atoms with van der Waals surface area (Å²) in [4.78, 5) is 28.0. The Morgan fingerprint density at radius 2 is 1.67 bits per heavy atom. The van der Waals surface area contributed by atoms with Gasteiger partial charge in [0.2, 0.25) is 0 Å². The number of nitrogens with zero attached hydrogens (tertiary/aromatic N) is 1. The van der Waals surface area contributed by atoms with Gasteiger partial charge in [0.15, 0.2) is 12.4 Å². The molecule has 3 aliphatic heterocycles. The quantitative estimate of drug-likeness (QED) is 0.397. The van der Waals surface area contributed by atoms with Crippen LogP contribution in [-0.4, -0.2) is 99.8 Å². The van der Waals surface area contributed by atoms with Crippen LogP contribution in [0.3, 0.4) is 0 Å². The molecular formula is C23H31NO9. The molecule has 1 aromatic carbocycles. The molecule has 0 aliphatic carbocycles. The van der Waals surface area contributed by atoms with Gasteiger partial charge in [0, 0.05) is 12.1 Å². The van der Waals surface area contributed by atoms with E-state index < -0.39 is 48.6 Å². The van der Waals surface area contributed by atoms with Crippen molar-refractivity contribution in [1.82, 2.24) is 4.90 Å². The molecule has 10 nitrogen and oxygen atoms in total. The first-order chi connectivity index (χ1) is 15.8. The number of piperidine rings is 1. The fourth-order valence-electron chi connectivity index (χ4n) is 4.99. The summed E-state index contributed by atoms with van der Waals surface area (Å²) in [6, 6.07) is 9.57. The van der Waals surface area contributed by atoms with Crippen molar-refractivity contribution in [3.8, 4) is 0 Å². The van der Waals surface area contributed by atoms with Crippen molar-refractivity contribution in [2.24, 2.45) is 0 Å². The average molecular weight is 465 g/mol. The van der Waals surface area contributed by atoms with Gasteiger partial charge < -0.3 is 39.5 Å². The van der Waals surface area contributed by atoms with Gasteiger partial charge in [0.1, 0.15) is 36.9 Å². The summed E-state index contributed by atoms with van der Waals surface area (Å²) in [5, 5.41) is 39.1.